The fourth-order valence-corrected chi connectivity index (χ4v) is 5.08. The summed E-state index contributed by atoms with van der Waals surface area (Å²) < 4.78 is 5.43. The van der Waals surface area contributed by atoms with Gasteiger partial charge in [0.1, 0.15) is 5.75 Å². The summed E-state index contributed by atoms with van der Waals surface area (Å²) in [6.07, 6.45) is 0.0776. The molecule has 5 rings (SSSR count). The Kier molecular flexibility index (Phi) is 6.92. The summed E-state index contributed by atoms with van der Waals surface area (Å²) in [4.78, 5) is 29.4. The summed E-state index contributed by atoms with van der Waals surface area (Å²) in [5.74, 6) is -0.674. The van der Waals surface area contributed by atoms with Gasteiger partial charge in [0.2, 0.25) is 5.91 Å². The van der Waals surface area contributed by atoms with Crippen molar-refractivity contribution < 1.29 is 19.4 Å². The molecule has 7 nitrogen and oxygen atoms in total. The highest BCUT2D eigenvalue weighted by atomic mass is 16.5. The van der Waals surface area contributed by atoms with Gasteiger partial charge in [-0.1, -0.05) is 54.6 Å². The van der Waals surface area contributed by atoms with Crippen LogP contribution in [0.2, 0.25) is 0 Å². The first kappa shape index (κ1) is 25.1. The number of hydrogen-bond donors (Lipinski definition) is 1. The second-order valence-electron chi connectivity index (χ2n) is 9.51. The van der Waals surface area contributed by atoms with Gasteiger partial charge in [-0.15, -0.1) is 0 Å². The van der Waals surface area contributed by atoms with Crippen LogP contribution in [0, 0.1) is 13.8 Å². The van der Waals surface area contributed by atoms with E-state index < -0.39 is 12.0 Å². The zero-order valence-electron chi connectivity index (χ0n) is 21.6. The number of benzene rings is 3. The van der Waals surface area contributed by atoms with Crippen LogP contribution in [0.25, 0.3) is 22.0 Å². The topological polar surface area (TPSA) is 92.1 Å². The van der Waals surface area contributed by atoms with Crippen LogP contribution in [0.4, 0.5) is 0 Å². The van der Waals surface area contributed by atoms with Gasteiger partial charge >= 0.3 is 5.97 Å². The van der Waals surface area contributed by atoms with E-state index >= 15 is 0 Å². The highest BCUT2D eigenvalue weighted by molar-refractivity contribution is 6.14. The molecule has 0 radical (unpaired) electrons. The van der Waals surface area contributed by atoms with Crippen LogP contribution in [0.1, 0.15) is 47.7 Å². The SMILES string of the molecule is COc1cccc([C@@H]2CC(c3c(C)nc4cc(C)ccc4c3-c3ccccc3)=NN2C(=O)CCC(=O)O)c1. The first-order valence-electron chi connectivity index (χ1n) is 12.6. The van der Waals surface area contributed by atoms with Crippen molar-refractivity contribution in [3.05, 3.63) is 95.2 Å². The molecule has 1 aliphatic rings. The van der Waals surface area contributed by atoms with E-state index in [1.165, 1.54) is 5.01 Å². The van der Waals surface area contributed by atoms with Crippen LogP contribution in [-0.2, 0) is 9.59 Å². The van der Waals surface area contributed by atoms with Crippen molar-refractivity contribution in [1.82, 2.24) is 9.99 Å². The average molecular weight is 508 g/mol. The lowest BCUT2D eigenvalue weighted by Crippen LogP contribution is -2.27. The maximum Gasteiger partial charge on any atom is 0.303 e. The highest BCUT2D eigenvalue weighted by Gasteiger charge is 2.35. The molecular weight excluding hydrogens is 478 g/mol. The predicted octanol–water partition coefficient (Wildman–Crippen LogP) is 6.07. The number of carboxylic acid groups (broad SMARTS) is 1. The molecule has 0 fully saturated rings. The zero-order chi connectivity index (χ0) is 26.8. The molecule has 0 bridgehead atoms. The summed E-state index contributed by atoms with van der Waals surface area (Å²) >= 11 is 0. The van der Waals surface area contributed by atoms with Crippen LogP contribution in [0.3, 0.4) is 0 Å². The molecule has 0 saturated carbocycles. The first-order valence-corrected chi connectivity index (χ1v) is 12.6. The summed E-state index contributed by atoms with van der Waals surface area (Å²) in [5.41, 5.74) is 7.43. The molecule has 0 saturated heterocycles. The first-order chi connectivity index (χ1) is 18.4. The molecule has 4 aromatic rings. The third kappa shape index (κ3) is 4.87. The average Bonchev–Trinajstić information content (AvgIpc) is 3.36. The third-order valence-corrected chi connectivity index (χ3v) is 6.87. The number of rotatable bonds is 7. The predicted molar refractivity (Wildman–Crippen MR) is 147 cm³/mol. The Morgan fingerprint density at radius 3 is 2.50 bits per heavy atom. The monoisotopic (exact) mass is 507 g/mol. The minimum Gasteiger partial charge on any atom is -0.497 e. The number of pyridine rings is 1. The maximum absolute atomic E-state index is 13.3. The molecular formula is C31H29N3O4. The number of carbonyl (C=O) groups excluding carboxylic acids is 1. The molecule has 0 unspecified atom stereocenters. The van der Waals surface area contributed by atoms with E-state index in [2.05, 4.69) is 30.3 Å². The van der Waals surface area contributed by atoms with Gasteiger partial charge in [-0.3, -0.25) is 14.6 Å². The Hall–Kier alpha value is -4.52. The van der Waals surface area contributed by atoms with E-state index in [0.29, 0.717) is 12.2 Å². The quantitative estimate of drug-likeness (QED) is 0.328. The Labute approximate surface area is 221 Å². The van der Waals surface area contributed by atoms with Crippen LogP contribution in [0.15, 0.2) is 77.9 Å². The smallest absolute Gasteiger partial charge is 0.303 e. The lowest BCUT2D eigenvalue weighted by molar-refractivity contribution is -0.141. The molecule has 7 heteroatoms. The van der Waals surface area contributed by atoms with Crippen molar-refractivity contribution in [2.45, 2.75) is 39.2 Å². The number of hydrazone groups is 1. The van der Waals surface area contributed by atoms with Gasteiger partial charge in [0.15, 0.2) is 0 Å². The molecule has 1 N–H and O–H groups in total. The van der Waals surface area contributed by atoms with Gasteiger partial charge in [0.25, 0.3) is 0 Å². The molecule has 2 heterocycles. The molecule has 1 aliphatic heterocycles. The number of aromatic nitrogens is 1. The molecule has 3 aromatic carbocycles. The molecule has 0 spiro atoms. The van der Waals surface area contributed by atoms with E-state index in [4.69, 9.17) is 14.8 Å². The van der Waals surface area contributed by atoms with Gasteiger partial charge in [-0.25, -0.2) is 5.01 Å². The van der Waals surface area contributed by atoms with Crippen molar-refractivity contribution in [3.8, 4) is 16.9 Å². The number of aliphatic carboxylic acids is 1. The van der Waals surface area contributed by atoms with E-state index in [0.717, 1.165) is 50.1 Å². The van der Waals surface area contributed by atoms with Gasteiger partial charge < -0.3 is 9.84 Å². The molecule has 1 amide bonds. The zero-order valence-corrected chi connectivity index (χ0v) is 21.6. The van der Waals surface area contributed by atoms with Crippen molar-refractivity contribution in [2.75, 3.05) is 7.11 Å². The number of nitrogens with zero attached hydrogens (tertiary/aromatic N) is 3. The minimum atomic E-state index is -1.02. The van der Waals surface area contributed by atoms with Crippen LogP contribution < -0.4 is 4.74 Å². The van der Waals surface area contributed by atoms with Crippen LogP contribution in [-0.4, -0.2) is 39.8 Å². The standard InChI is InChI=1S/C31H29N3O4/c1-19-12-13-24-25(16-19)32-20(2)30(31(24)21-8-5-4-6-9-21)26-18-27(22-10-7-11-23(17-22)38-3)34(33-26)28(35)14-15-29(36)37/h4-13,16-17,27H,14-15,18H2,1-3H3,(H,36,37)/t27-/m0/s1. The van der Waals surface area contributed by atoms with Crippen LogP contribution in [0.5, 0.6) is 5.75 Å². The summed E-state index contributed by atoms with van der Waals surface area (Å²) in [6.45, 7) is 4.02. The van der Waals surface area contributed by atoms with E-state index in [-0.39, 0.29) is 18.7 Å². The normalized spacial score (nSPS) is 15.0. The van der Waals surface area contributed by atoms with Crippen molar-refractivity contribution >= 4 is 28.5 Å². The Morgan fingerprint density at radius 1 is 0.974 bits per heavy atom. The number of methoxy groups -OCH3 is 1. The molecule has 0 aliphatic carbocycles. The van der Waals surface area contributed by atoms with E-state index in [1.807, 2.05) is 56.3 Å². The number of carbonyl (C=O) groups is 2. The van der Waals surface area contributed by atoms with Gasteiger partial charge in [-0.05, 0) is 48.7 Å². The second kappa shape index (κ2) is 10.5. The maximum atomic E-state index is 13.3. The summed E-state index contributed by atoms with van der Waals surface area (Å²) in [6, 6.07) is 23.6. The largest absolute Gasteiger partial charge is 0.497 e. The van der Waals surface area contributed by atoms with Gasteiger partial charge in [0, 0.05) is 35.0 Å². The van der Waals surface area contributed by atoms with Crippen molar-refractivity contribution in [2.24, 2.45) is 5.10 Å². The Bertz CT molecular complexity index is 1560. The van der Waals surface area contributed by atoms with E-state index in [1.54, 1.807) is 7.11 Å². The number of fused-ring (bicyclic) bond motifs is 1. The van der Waals surface area contributed by atoms with E-state index in [9.17, 15) is 14.7 Å². The lowest BCUT2D eigenvalue weighted by atomic mass is 9.89. The van der Waals surface area contributed by atoms with Crippen molar-refractivity contribution in [1.29, 1.82) is 0 Å². The fourth-order valence-electron chi connectivity index (χ4n) is 5.08. The lowest BCUT2D eigenvalue weighted by Gasteiger charge is -2.22. The number of amides is 1. The number of hydrogen-bond acceptors (Lipinski definition) is 5. The molecule has 1 atom stereocenters. The fraction of sp³-hybridized carbons (Fsp3) is 0.226. The van der Waals surface area contributed by atoms with Crippen molar-refractivity contribution in [3.63, 3.8) is 0 Å². The van der Waals surface area contributed by atoms with Gasteiger partial charge in [-0.2, -0.15) is 5.10 Å². The third-order valence-electron chi connectivity index (χ3n) is 6.87. The second-order valence-corrected chi connectivity index (χ2v) is 9.51. The van der Waals surface area contributed by atoms with Crippen LogP contribution >= 0.6 is 0 Å². The molecule has 38 heavy (non-hydrogen) atoms. The molecule has 192 valence electrons. The van der Waals surface area contributed by atoms with Gasteiger partial charge in [0.05, 0.1) is 30.8 Å². The minimum absolute atomic E-state index is 0.133. The highest BCUT2D eigenvalue weighted by Crippen LogP contribution is 2.40. The number of aryl methyl sites for hydroxylation is 2. The number of ether oxygens (including phenoxy) is 1. The summed E-state index contributed by atoms with van der Waals surface area (Å²) in [7, 11) is 1.60. The Balaban J connectivity index is 1.68. The summed E-state index contributed by atoms with van der Waals surface area (Å²) in [5, 5.41) is 16.5. The Morgan fingerprint density at radius 2 is 1.76 bits per heavy atom. The number of carboxylic acids is 1. The molecule has 1 aromatic heterocycles.